The van der Waals surface area contributed by atoms with Crippen LogP contribution in [-0.4, -0.2) is 48.4 Å². The Morgan fingerprint density at radius 2 is 1.23 bits per heavy atom. The van der Waals surface area contributed by atoms with Crippen LogP contribution in [-0.2, 0) is 25.9 Å². The van der Waals surface area contributed by atoms with Gasteiger partial charge < -0.3 is 24.5 Å². The van der Waals surface area contributed by atoms with E-state index in [-0.39, 0.29) is 6.10 Å². The van der Waals surface area contributed by atoms with Crippen molar-refractivity contribution in [1.29, 1.82) is 0 Å². The molecule has 3 aromatic heterocycles. The number of aliphatic hydroxyl groups excluding tert-OH is 1. The molecular weight excluding hydrogens is 954 g/mol. The van der Waals surface area contributed by atoms with Crippen molar-refractivity contribution in [1.82, 2.24) is 24.1 Å². The average molecular weight is 981 g/mol. The summed E-state index contributed by atoms with van der Waals surface area (Å²) in [6, 6.07) is 3.88. The number of nitrogens with one attached hydrogen (secondary N) is 1. The number of benzene rings is 2. The van der Waals surface area contributed by atoms with Crippen LogP contribution in [0.25, 0.3) is 22.1 Å². The van der Waals surface area contributed by atoms with Gasteiger partial charge in [-0.05, 0) is 157 Å². The highest BCUT2D eigenvalue weighted by Gasteiger charge is 2.29. The lowest BCUT2D eigenvalue weighted by molar-refractivity contribution is 0.145. The van der Waals surface area contributed by atoms with Crippen LogP contribution in [0.5, 0.6) is 0 Å². The lowest BCUT2D eigenvalue weighted by atomic mass is 10.0. The fraction of sp³-hybridized carbons (Fsp3) is 0.367. The molecule has 6 heterocycles. The van der Waals surface area contributed by atoms with Gasteiger partial charge in [-0.2, -0.15) is 0 Å². The van der Waals surface area contributed by atoms with E-state index in [4.69, 9.17) is 9.97 Å². The molecule has 0 aliphatic carbocycles. The maximum absolute atomic E-state index is 9.74. The van der Waals surface area contributed by atoms with Crippen LogP contribution in [0.4, 0.5) is 17.6 Å². The molecule has 3 aliphatic rings. The summed E-state index contributed by atoms with van der Waals surface area (Å²) in [6.07, 6.45) is 9.41. The van der Waals surface area contributed by atoms with Gasteiger partial charge in [-0.1, -0.05) is 0 Å². The minimum absolute atomic E-state index is 0.160. The largest absolute Gasteiger partial charge is 0.393 e. The molecule has 0 bridgehead atoms. The Labute approximate surface area is 305 Å². The number of nitrogens with zero attached hydrogens (tertiary/aromatic N) is 6. The normalized spacial score (nSPS) is 16.4. The first kappa shape index (κ1) is 31.6. The molecule has 0 spiro atoms. The van der Waals surface area contributed by atoms with Gasteiger partial charge in [0.2, 0.25) is 11.9 Å². The van der Waals surface area contributed by atoms with Gasteiger partial charge in [0.25, 0.3) is 0 Å². The summed E-state index contributed by atoms with van der Waals surface area (Å²) in [5.41, 5.74) is 8.10. The molecule has 44 heavy (non-hydrogen) atoms. The number of aliphatic hydroxyl groups is 1. The molecule has 2 N–H and O–H groups in total. The molecule has 14 heteroatoms. The number of hydrogen-bond donors (Lipinski definition) is 2. The maximum Gasteiger partial charge on any atom is 0.208 e. The summed E-state index contributed by atoms with van der Waals surface area (Å²) in [7, 11) is 0. The van der Waals surface area contributed by atoms with Gasteiger partial charge >= 0.3 is 0 Å². The van der Waals surface area contributed by atoms with Crippen LogP contribution >= 0.6 is 95.6 Å². The van der Waals surface area contributed by atoms with Crippen molar-refractivity contribution in [2.45, 2.75) is 57.7 Å². The minimum atomic E-state index is -0.160. The second-order valence-electron chi connectivity index (χ2n) is 11.2. The van der Waals surface area contributed by atoms with Gasteiger partial charge in [-0.15, -0.1) is 0 Å². The van der Waals surface area contributed by atoms with E-state index in [1.165, 1.54) is 22.2 Å². The summed E-state index contributed by atoms with van der Waals surface area (Å²) >= 11 is 22.1. The molecule has 0 amide bonds. The van der Waals surface area contributed by atoms with Crippen LogP contribution in [0.1, 0.15) is 36.8 Å². The Kier molecular flexibility index (Phi) is 9.24. The second kappa shape index (κ2) is 12.9. The number of piperidine rings is 1. The highest BCUT2D eigenvalue weighted by atomic mass is 79.9. The molecule has 8 rings (SSSR count). The van der Waals surface area contributed by atoms with Crippen molar-refractivity contribution in [2.24, 2.45) is 0 Å². The molecular formula is C30H27Br6N7O. The number of aryl methyl sites for hydroxylation is 4. The molecule has 5 aromatic rings. The van der Waals surface area contributed by atoms with Crippen LogP contribution in [0.3, 0.4) is 0 Å². The fourth-order valence-corrected chi connectivity index (χ4v) is 9.87. The molecule has 1 fully saturated rings. The lowest BCUT2D eigenvalue weighted by Gasteiger charge is -2.31. The molecule has 230 valence electrons. The minimum Gasteiger partial charge on any atom is -0.393 e. The lowest BCUT2D eigenvalue weighted by Crippen LogP contribution is -2.37. The summed E-state index contributed by atoms with van der Waals surface area (Å²) in [5.74, 6) is 1.92. The molecule has 0 saturated carbocycles. The summed E-state index contributed by atoms with van der Waals surface area (Å²) in [4.78, 5) is 16.1. The van der Waals surface area contributed by atoms with Crippen molar-refractivity contribution < 1.29 is 5.11 Å². The Morgan fingerprint density at radius 1 is 0.682 bits per heavy atom. The molecule has 3 aliphatic heterocycles. The Morgan fingerprint density at radius 3 is 1.84 bits per heavy atom. The molecule has 8 nitrogen and oxygen atoms in total. The third-order valence-electron chi connectivity index (χ3n) is 8.50. The average Bonchev–Trinajstić information content (AvgIpc) is 3.62. The van der Waals surface area contributed by atoms with E-state index in [1.54, 1.807) is 12.4 Å². The van der Waals surface area contributed by atoms with Crippen molar-refractivity contribution in [3.63, 3.8) is 0 Å². The van der Waals surface area contributed by atoms with Gasteiger partial charge in [0.1, 0.15) is 11.0 Å². The number of anilines is 3. The van der Waals surface area contributed by atoms with E-state index < -0.39 is 0 Å². The van der Waals surface area contributed by atoms with Crippen LogP contribution in [0, 0.1) is 0 Å². The Hall–Kier alpha value is -1.03. The number of hydrogen-bond acceptors (Lipinski definition) is 6. The first-order chi connectivity index (χ1) is 21.2. The quantitative estimate of drug-likeness (QED) is 0.176. The highest BCUT2D eigenvalue weighted by molar-refractivity contribution is 9.15. The van der Waals surface area contributed by atoms with Gasteiger partial charge in [0.05, 0.1) is 26.1 Å². The van der Waals surface area contributed by atoms with E-state index >= 15 is 0 Å². The predicted octanol–water partition coefficient (Wildman–Crippen LogP) is 9.64. The third-order valence-corrected chi connectivity index (χ3v) is 15.5. The highest BCUT2D eigenvalue weighted by Crippen LogP contribution is 2.45. The Bertz CT molecular complexity index is 1900. The van der Waals surface area contributed by atoms with Crippen molar-refractivity contribution >= 4 is 135 Å². The van der Waals surface area contributed by atoms with Crippen molar-refractivity contribution in [3.05, 3.63) is 62.5 Å². The topological polar surface area (TPSA) is 84.0 Å². The number of pyridine rings is 1. The zero-order chi connectivity index (χ0) is 30.7. The van der Waals surface area contributed by atoms with E-state index in [2.05, 4.69) is 120 Å². The first-order valence-electron chi connectivity index (χ1n) is 14.5. The standard InChI is InChI=1S/C15H11Br3N4.C15H16Br3N3O/c16-10-9-2-1-7-22-14(9)13(12(18)11(10)17)21-15(22)20-8-3-5-19-6-4-8;16-10-9-2-1-5-21-14(9)13(12(18)11(10)17)19-15(21)20-6-3-8(22)4-7-20/h3-6H,1-2,7H2,(H,19,20,21);8,22H,1-7H2. The van der Waals surface area contributed by atoms with Gasteiger partial charge in [0, 0.05) is 62.2 Å². The number of aromatic nitrogens is 5. The molecule has 1 saturated heterocycles. The summed E-state index contributed by atoms with van der Waals surface area (Å²) < 4.78 is 10.9. The second-order valence-corrected chi connectivity index (χ2v) is 15.9. The number of halogens is 6. The summed E-state index contributed by atoms with van der Waals surface area (Å²) in [5, 5.41) is 13.1. The van der Waals surface area contributed by atoms with Gasteiger partial charge in [-0.3, -0.25) is 4.98 Å². The van der Waals surface area contributed by atoms with E-state index in [0.717, 1.165) is 120 Å². The van der Waals surface area contributed by atoms with Gasteiger partial charge in [0.15, 0.2) is 0 Å². The van der Waals surface area contributed by atoms with Crippen molar-refractivity contribution in [3.8, 4) is 0 Å². The van der Waals surface area contributed by atoms with Crippen LogP contribution < -0.4 is 10.2 Å². The van der Waals surface area contributed by atoms with E-state index in [1.807, 2.05) is 12.1 Å². The number of imidazole rings is 2. The first-order valence-corrected chi connectivity index (χ1v) is 19.2. The molecule has 0 atom stereocenters. The zero-order valence-corrected chi connectivity index (χ0v) is 32.9. The van der Waals surface area contributed by atoms with Gasteiger partial charge in [-0.25, -0.2) is 9.97 Å². The Balaban J connectivity index is 0.000000142. The predicted molar refractivity (Wildman–Crippen MR) is 197 cm³/mol. The molecule has 2 aromatic carbocycles. The maximum atomic E-state index is 9.74. The summed E-state index contributed by atoms with van der Waals surface area (Å²) in [6.45, 7) is 3.73. The molecule has 0 unspecified atom stereocenters. The van der Waals surface area contributed by atoms with Crippen molar-refractivity contribution in [2.75, 3.05) is 23.3 Å². The third kappa shape index (κ3) is 5.51. The van der Waals surface area contributed by atoms with E-state index in [9.17, 15) is 5.11 Å². The SMILES string of the molecule is Brc1c(Br)c2c3c(nc(Nc4ccncc4)n3CCC2)c1Br.OC1CCN(c2nc3c(Br)c(Br)c(Br)c4c3n2CCC4)CC1. The monoisotopic (exact) mass is 975 g/mol. The van der Waals surface area contributed by atoms with Crippen LogP contribution in [0.15, 0.2) is 51.4 Å². The zero-order valence-electron chi connectivity index (χ0n) is 23.4. The smallest absolute Gasteiger partial charge is 0.208 e. The fourth-order valence-electron chi connectivity index (χ4n) is 6.37. The molecule has 0 radical (unpaired) electrons. The van der Waals surface area contributed by atoms with Crippen LogP contribution in [0.2, 0.25) is 0 Å². The van der Waals surface area contributed by atoms with E-state index in [0.29, 0.717) is 0 Å². The number of rotatable bonds is 3.